The Morgan fingerprint density at radius 2 is 1.44 bits per heavy atom. The minimum absolute atomic E-state index is 0.0955. The standard InChI is InChI=1S/C16H12OS/c1-13(17)18-16-11-9-15(10-12-16)8-7-14-5-3-2-4-6-14/h2-6,9-12H,1H3. The maximum atomic E-state index is 10.9. The van der Waals surface area contributed by atoms with Gasteiger partial charge < -0.3 is 0 Å². The Balaban J connectivity index is 2.12. The van der Waals surface area contributed by atoms with Crippen molar-refractivity contribution in [3.05, 3.63) is 65.7 Å². The molecule has 2 aromatic carbocycles. The molecule has 0 bridgehead atoms. The summed E-state index contributed by atoms with van der Waals surface area (Å²) in [6, 6.07) is 17.6. The molecule has 2 heteroatoms. The van der Waals surface area contributed by atoms with Crippen LogP contribution in [-0.2, 0) is 4.79 Å². The summed E-state index contributed by atoms with van der Waals surface area (Å²) < 4.78 is 0. The second-order valence-electron chi connectivity index (χ2n) is 3.73. The average Bonchev–Trinajstić information content (AvgIpc) is 2.38. The number of rotatable bonds is 1. The number of hydrogen-bond donors (Lipinski definition) is 0. The van der Waals surface area contributed by atoms with Crippen molar-refractivity contribution in [1.29, 1.82) is 0 Å². The van der Waals surface area contributed by atoms with E-state index in [2.05, 4.69) is 11.8 Å². The number of carbonyl (C=O) groups is 1. The molecular weight excluding hydrogens is 240 g/mol. The first-order valence-electron chi connectivity index (χ1n) is 5.59. The molecule has 0 heterocycles. The summed E-state index contributed by atoms with van der Waals surface area (Å²) in [5.74, 6) is 6.19. The second kappa shape index (κ2) is 6.09. The predicted octanol–water partition coefficient (Wildman–Crippen LogP) is 3.73. The van der Waals surface area contributed by atoms with E-state index in [1.165, 1.54) is 11.8 Å². The number of thioether (sulfide) groups is 1. The van der Waals surface area contributed by atoms with Gasteiger partial charge in [-0.25, -0.2) is 0 Å². The van der Waals surface area contributed by atoms with Crippen molar-refractivity contribution in [3.63, 3.8) is 0 Å². The Labute approximate surface area is 111 Å². The molecule has 0 spiro atoms. The molecule has 0 N–H and O–H groups in total. The highest BCUT2D eigenvalue weighted by molar-refractivity contribution is 8.13. The van der Waals surface area contributed by atoms with Crippen LogP contribution in [0, 0.1) is 11.8 Å². The van der Waals surface area contributed by atoms with Crippen molar-refractivity contribution in [1.82, 2.24) is 0 Å². The Kier molecular flexibility index (Phi) is 4.22. The Morgan fingerprint density at radius 3 is 2.00 bits per heavy atom. The van der Waals surface area contributed by atoms with E-state index in [4.69, 9.17) is 0 Å². The molecule has 0 aliphatic heterocycles. The van der Waals surface area contributed by atoms with E-state index >= 15 is 0 Å². The van der Waals surface area contributed by atoms with Crippen molar-refractivity contribution in [2.45, 2.75) is 11.8 Å². The first kappa shape index (κ1) is 12.5. The maximum absolute atomic E-state index is 10.9. The van der Waals surface area contributed by atoms with Crippen molar-refractivity contribution in [2.75, 3.05) is 0 Å². The predicted molar refractivity (Wildman–Crippen MR) is 75.4 cm³/mol. The van der Waals surface area contributed by atoms with Gasteiger partial charge in [-0.15, -0.1) is 0 Å². The van der Waals surface area contributed by atoms with E-state index < -0.39 is 0 Å². The molecule has 2 rings (SSSR count). The molecule has 0 atom stereocenters. The van der Waals surface area contributed by atoms with Crippen LogP contribution in [-0.4, -0.2) is 5.12 Å². The molecule has 18 heavy (non-hydrogen) atoms. The molecule has 0 aliphatic carbocycles. The number of hydrogen-bond acceptors (Lipinski definition) is 2. The van der Waals surface area contributed by atoms with Crippen LogP contribution in [0.4, 0.5) is 0 Å². The molecule has 0 amide bonds. The fourth-order valence-corrected chi connectivity index (χ4v) is 2.04. The molecule has 88 valence electrons. The molecule has 0 saturated carbocycles. The van der Waals surface area contributed by atoms with Crippen molar-refractivity contribution >= 4 is 16.9 Å². The number of carbonyl (C=O) groups excluding carboxylic acids is 1. The zero-order chi connectivity index (χ0) is 12.8. The fraction of sp³-hybridized carbons (Fsp3) is 0.0625. The molecule has 1 nitrogen and oxygen atoms in total. The molecule has 2 aromatic rings. The topological polar surface area (TPSA) is 17.1 Å². The smallest absolute Gasteiger partial charge is 0.190 e. The number of benzene rings is 2. The summed E-state index contributed by atoms with van der Waals surface area (Å²) in [5, 5.41) is 0.0955. The fourth-order valence-electron chi connectivity index (χ4n) is 1.44. The average molecular weight is 252 g/mol. The largest absolute Gasteiger partial charge is 0.287 e. The lowest BCUT2D eigenvalue weighted by molar-refractivity contribution is -0.109. The quantitative estimate of drug-likeness (QED) is 0.568. The summed E-state index contributed by atoms with van der Waals surface area (Å²) in [7, 11) is 0. The van der Waals surface area contributed by atoms with E-state index in [9.17, 15) is 4.79 Å². The van der Waals surface area contributed by atoms with Crippen LogP contribution in [0.3, 0.4) is 0 Å². The van der Waals surface area contributed by atoms with Gasteiger partial charge in [0.15, 0.2) is 5.12 Å². The Hall–Kier alpha value is -1.98. The van der Waals surface area contributed by atoms with Gasteiger partial charge in [-0.2, -0.15) is 0 Å². The van der Waals surface area contributed by atoms with Crippen LogP contribution in [0.2, 0.25) is 0 Å². The minimum Gasteiger partial charge on any atom is -0.287 e. The summed E-state index contributed by atoms with van der Waals surface area (Å²) in [6.45, 7) is 1.56. The van der Waals surface area contributed by atoms with Crippen LogP contribution >= 0.6 is 11.8 Å². The highest BCUT2D eigenvalue weighted by atomic mass is 32.2. The maximum Gasteiger partial charge on any atom is 0.190 e. The molecule has 0 unspecified atom stereocenters. The lowest BCUT2D eigenvalue weighted by atomic mass is 10.2. The molecular formula is C16H12OS. The summed E-state index contributed by atoms with van der Waals surface area (Å²) in [6.07, 6.45) is 0. The van der Waals surface area contributed by atoms with Crippen molar-refractivity contribution in [3.8, 4) is 11.8 Å². The third-order valence-electron chi connectivity index (χ3n) is 2.24. The first-order chi connectivity index (χ1) is 8.74. The van der Waals surface area contributed by atoms with E-state index in [0.29, 0.717) is 0 Å². The van der Waals surface area contributed by atoms with Crippen molar-refractivity contribution in [2.24, 2.45) is 0 Å². The van der Waals surface area contributed by atoms with Gasteiger partial charge in [-0.3, -0.25) is 4.79 Å². The third kappa shape index (κ3) is 3.80. The normalized spacial score (nSPS) is 9.39. The lowest BCUT2D eigenvalue weighted by Crippen LogP contribution is -1.81. The summed E-state index contributed by atoms with van der Waals surface area (Å²) in [5.41, 5.74) is 1.95. The molecule has 0 aromatic heterocycles. The molecule has 0 fully saturated rings. The summed E-state index contributed by atoms with van der Waals surface area (Å²) >= 11 is 1.23. The van der Waals surface area contributed by atoms with E-state index in [0.717, 1.165) is 16.0 Å². The Morgan fingerprint density at radius 1 is 0.889 bits per heavy atom. The highest BCUT2D eigenvalue weighted by Crippen LogP contribution is 2.18. The van der Waals surface area contributed by atoms with Crippen LogP contribution < -0.4 is 0 Å². The van der Waals surface area contributed by atoms with Gasteiger partial charge in [-0.1, -0.05) is 41.8 Å². The minimum atomic E-state index is 0.0955. The first-order valence-corrected chi connectivity index (χ1v) is 6.41. The van der Waals surface area contributed by atoms with Crippen LogP contribution in [0.1, 0.15) is 18.1 Å². The van der Waals surface area contributed by atoms with Gasteiger partial charge in [0.25, 0.3) is 0 Å². The van der Waals surface area contributed by atoms with Crippen LogP contribution in [0.5, 0.6) is 0 Å². The van der Waals surface area contributed by atoms with Gasteiger partial charge in [0.05, 0.1) is 0 Å². The van der Waals surface area contributed by atoms with Gasteiger partial charge >= 0.3 is 0 Å². The van der Waals surface area contributed by atoms with Gasteiger partial charge in [-0.05, 0) is 36.4 Å². The lowest BCUT2D eigenvalue weighted by Gasteiger charge is -1.96. The molecule has 0 aliphatic rings. The van der Waals surface area contributed by atoms with Gasteiger partial charge in [0.1, 0.15) is 0 Å². The Bertz CT molecular complexity index is 588. The highest BCUT2D eigenvalue weighted by Gasteiger charge is 1.97. The molecule has 0 radical (unpaired) electrons. The van der Waals surface area contributed by atoms with E-state index in [1.807, 2.05) is 54.6 Å². The third-order valence-corrected chi connectivity index (χ3v) is 3.04. The monoisotopic (exact) mass is 252 g/mol. The van der Waals surface area contributed by atoms with Crippen LogP contribution in [0.15, 0.2) is 59.5 Å². The van der Waals surface area contributed by atoms with Gasteiger partial charge in [0, 0.05) is 22.9 Å². The molecule has 0 saturated heterocycles. The summed E-state index contributed by atoms with van der Waals surface area (Å²) in [4.78, 5) is 11.9. The van der Waals surface area contributed by atoms with Crippen molar-refractivity contribution < 1.29 is 4.79 Å². The van der Waals surface area contributed by atoms with Crippen LogP contribution in [0.25, 0.3) is 0 Å². The SMILES string of the molecule is CC(=O)Sc1ccc(C#Cc2ccccc2)cc1. The van der Waals surface area contributed by atoms with Gasteiger partial charge in [0.2, 0.25) is 0 Å². The van der Waals surface area contributed by atoms with E-state index in [1.54, 1.807) is 6.92 Å². The zero-order valence-electron chi connectivity index (χ0n) is 10.0. The van der Waals surface area contributed by atoms with E-state index in [-0.39, 0.29) is 5.12 Å². The zero-order valence-corrected chi connectivity index (χ0v) is 10.8. The second-order valence-corrected chi connectivity index (χ2v) is 4.98.